The second-order valence-electron chi connectivity index (χ2n) is 4.64. The number of carbonyl (C=O) groups excluding carboxylic acids is 1. The van der Waals surface area contributed by atoms with Crippen LogP contribution in [0.1, 0.15) is 0 Å². The van der Waals surface area contributed by atoms with Crippen LogP contribution in [0.5, 0.6) is 0 Å². The normalized spacial score (nSPS) is 11.8. The van der Waals surface area contributed by atoms with Crippen molar-refractivity contribution in [1.29, 1.82) is 0 Å². The fraction of sp³-hybridized carbons (Fsp3) is 0.0625. The summed E-state index contributed by atoms with van der Waals surface area (Å²) in [5, 5.41) is 5.22. The molecule has 0 aliphatic rings. The lowest BCUT2D eigenvalue weighted by Gasteiger charge is -2.11. The van der Waals surface area contributed by atoms with Crippen LogP contribution in [-0.2, 0) is 4.79 Å². The van der Waals surface area contributed by atoms with Gasteiger partial charge in [-0.3, -0.25) is 4.79 Å². The van der Waals surface area contributed by atoms with Gasteiger partial charge in [-0.1, -0.05) is 48.5 Å². The zero-order valence-corrected chi connectivity index (χ0v) is 10.7. The van der Waals surface area contributed by atoms with Crippen LogP contribution in [0.3, 0.4) is 0 Å². The fourth-order valence-electron chi connectivity index (χ4n) is 2.34. The zero-order chi connectivity index (χ0) is 15.0. The first-order valence-electron chi connectivity index (χ1n) is 6.25. The molecule has 0 aliphatic heterocycles. The average molecular weight is 289 g/mol. The van der Waals surface area contributed by atoms with Crippen LogP contribution >= 0.6 is 0 Å². The largest absolute Gasteiger partial charge is 0.471 e. The van der Waals surface area contributed by atoms with E-state index in [2.05, 4.69) is 0 Å². The van der Waals surface area contributed by atoms with Gasteiger partial charge in [0.1, 0.15) is 0 Å². The zero-order valence-electron chi connectivity index (χ0n) is 10.7. The molecule has 106 valence electrons. The van der Waals surface area contributed by atoms with Crippen LogP contribution in [0.25, 0.3) is 21.5 Å². The number of fused-ring (bicyclic) bond motifs is 3. The molecular weight excluding hydrogens is 279 g/mol. The SMILES string of the molecule is O=C(Nc1cccc2c1ccc1ccccc12)C(F)(F)F. The van der Waals surface area contributed by atoms with E-state index in [-0.39, 0.29) is 5.69 Å². The number of benzene rings is 3. The highest BCUT2D eigenvalue weighted by atomic mass is 19.4. The molecule has 0 atom stereocenters. The van der Waals surface area contributed by atoms with E-state index in [1.54, 1.807) is 12.1 Å². The molecule has 0 unspecified atom stereocenters. The van der Waals surface area contributed by atoms with Gasteiger partial charge in [0, 0.05) is 11.1 Å². The maximum Gasteiger partial charge on any atom is 0.471 e. The number of amides is 1. The van der Waals surface area contributed by atoms with Crippen LogP contribution in [0.2, 0.25) is 0 Å². The summed E-state index contributed by atoms with van der Waals surface area (Å²) in [4.78, 5) is 11.1. The Morgan fingerprint density at radius 1 is 0.810 bits per heavy atom. The monoisotopic (exact) mass is 289 g/mol. The molecule has 1 amide bonds. The van der Waals surface area contributed by atoms with Crippen LogP contribution in [0.15, 0.2) is 54.6 Å². The van der Waals surface area contributed by atoms with Crippen molar-refractivity contribution in [3.63, 3.8) is 0 Å². The van der Waals surface area contributed by atoms with Crippen LogP contribution in [-0.4, -0.2) is 12.1 Å². The summed E-state index contributed by atoms with van der Waals surface area (Å²) >= 11 is 0. The number of alkyl halides is 3. The van der Waals surface area contributed by atoms with Crippen molar-refractivity contribution in [3.05, 3.63) is 54.6 Å². The molecule has 0 heterocycles. The average Bonchev–Trinajstić information content (AvgIpc) is 2.46. The third kappa shape index (κ3) is 2.42. The topological polar surface area (TPSA) is 29.1 Å². The first-order chi connectivity index (χ1) is 9.97. The summed E-state index contributed by atoms with van der Waals surface area (Å²) in [6.45, 7) is 0. The van der Waals surface area contributed by atoms with E-state index in [9.17, 15) is 18.0 Å². The minimum absolute atomic E-state index is 0.153. The maximum atomic E-state index is 12.4. The molecule has 0 saturated heterocycles. The van der Waals surface area contributed by atoms with Crippen molar-refractivity contribution in [1.82, 2.24) is 0 Å². The molecule has 21 heavy (non-hydrogen) atoms. The van der Waals surface area contributed by atoms with Gasteiger partial charge >= 0.3 is 12.1 Å². The minimum Gasteiger partial charge on any atom is -0.318 e. The van der Waals surface area contributed by atoms with Crippen molar-refractivity contribution in [2.45, 2.75) is 6.18 Å². The third-order valence-corrected chi connectivity index (χ3v) is 3.29. The summed E-state index contributed by atoms with van der Waals surface area (Å²) in [6, 6.07) is 16.0. The van der Waals surface area contributed by atoms with E-state index >= 15 is 0 Å². The van der Waals surface area contributed by atoms with Crippen molar-refractivity contribution in [2.24, 2.45) is 0 Å². The summed E-state index contributed by atoms with van der Waals surface area (Å²) in [7, 11) is 0. The number of nitrogens with one attached hydrogen (secondary N) is 1. The van der Waals surface area contributed by atoms with Crippen molar-refractivity contribution < 1.29 is 18.0 Å². The number of carbonyl (C=O) groups is 1. The van der Waals surface area contributed by atoms with E-state index in [0.29, 0.717) is 5.39 Å². The highest BCUT2D eigenvalue weighted by Crippen LogP contribution is 2.31. The van der Waals surface area contributed by atoms with Crippen LogP contribution in [0, 0.1) is 0 Å². The molecule has 2 nitrogen and oxygen atoms in total. The molecule has 0 saturated carbocycles. The molecule has 0 radical (unpaired) electrons. The summed E-state index contributed by atoms with van der Waals surface area (Å²) in [6.07, 6.45) is -4.90. The van der Waals surface area contributed by atoms with Gasteiger partial charge in [-0.25, -0.2) is 0 Å². The minimum atomic E-state index is -4.90. The Labute approximate surface area is 118 Å². The smallest absolute Gasteiger partial charge is 0.318 e. The van der Waals surface area contributed by atoms with Gasteiger partial charge < -0.3 is 5.32 Å². The summed E-state index contributed by atoms with van der Waals surface area (Å²) in [5.74, 6) is -1.97. The lowest BCUT2D eigenvalue weighted by atomic mass is 10.0. The summed E-state index contributed by atoms with van der Waals surface area (Å²) in [5.41, 5.74) is 0.153. The Hall–Kier alpha value is -2.56. The molecule has 3 aromatic carbocycles. The van der Waals surface area contributed by atoms with Crippen molar-refractivity contribution in [2.75, 3.05) is 5.32 Å². The molecule has 0 fully saturated rings. The molecule has 1 N–H and O–H groups in total. The molecular formula is C16H10F3NO. The Bertz CT molecular complexity index is 840. The van der Waals surface area contributed by atoms with E-state index in [4.69, 9.17) is 0 Å². The number of hydrogen-bond donors (Lipinski definition) is 1. The molecule has 0 aliphatic carbocycles. The second kappa shape index (κ2) is 4.77. The van der Waals surface area contributed by atoms with E-state index in [0.717, 1.165) is 16.2 Å². The Balaban J connectivity index is 2.17. The Kier molecular flexibility index (Phi) is 3.05. The highest BCUT2D eigenvalue weighted by Gasteiger charge is 2.38. The van der Waals surface area contributed by atoms with E-state index in [1.165, 1.54) is 6.07 Å². The van der Waals surface area contributed by atoms with E-state index < -0.39 is 12.1 Å². The van der Waals surface area contributed by atoms with Crippen molar-refractivity contribution >= 4 is 33.1 Å². The molecule has 3 aromatic rings. The van der Waals surface area contributed by atoms with Crippen LogP contribution in [0.4, 0.5) is 18.9 Å². The first-order valence-corrected chi connectivity index (χ1v) is 6.25. The number of hydrogen-bond acceptors (Lipinski definition) is 1. The highest BCUT2D eigenvalue weighted by molar-refractivity contribution is 6.13. The van der Waals surface area contributed by atoms with Gasteiger partial charge in [0.25, 0.3) is 0 Å². The number of rotatable bonds is 1. The predicted octanol–water partition coefficient (Wildman–Crippen LogP) is 4.49. The lowest BCUT2D eigenvalue weighted by Crippen LogP contribution is -2.29. The molecule has 3 rings (SSSR count). The first kappa shape index (κ1) is 13.4. The third-order valence-electron chi connectivity index (χ3n) is 3.29. The Morgan fingerprint density at radius 2 is 1.52 bits per heavy atom. The maximum absolute atomic E-state index is 12.4. The van der Waals surface area contributed by atoms with Gasteiger partial charge in [0.15, 0.2) is 0 Å². The molecule has 0 aromatic heterocycles. The van der Waals surface area contributed by atoms with Crippen LogP contribution < -0.4 is 5.32 Å². The second-order valence-corrected chi connectivity index (χ2v) is 4.64. The van der Waals surface area contributed by atoms with Gasteiger partial charge in [-0.05, 0) is 22.2 Å². The lowest BCUT2D eigenvalue weighted by molar-refractivity contribution is -0.167. The number of anilines is 1. The van der Waals surface area contributed by atoms with Gasteiger partial charge in [0.2, 0.25) is 0 Å². The van der Waals surface area contributed by atoms with E-state index in [1.807, 2.05) is 41.7 Å². The number of halogens is 3. The summed E-state index contributed by atoms with van der Waals surface area (Å²) < 4.78 is 37.1. The quantitative estimate of drug-likeness (QED) is 0.657. The molecule has 0 bridgehead atoms. The molecule has 5 heteroatoms. The molecule has 0 spiro atoms. The van der Waals surface area contributed by atoms with Gasteiger partial charge in [-0.15, -0.1) is 0 Å². The fourth-order valence-corrected chi connectivity index (χ4v) is 2.34. The predicted molar refractivity (Wildman–Crippen MR) is 76.1 cm³/mol. The van der Waals surface area contributed by atoms with Gasteiger partial charge in [0.05, 0.1) is 0 Å². The standard InChI is InChI=1S/C16H10F3NO/c17-16(18,19)15(21)20-14-7-3-6-12-11-5-2-1-4-10(11)8-9-13(12)14/h1-9H,(H,20,21). The Morgan fingerprint density at radius 3 is 2.29 bits per heavy atom. The van der Waals surface area contributed by atoms with Gasteiger partial charge in [-0.2, -0.15) is 13.2 Å². The van der Waals surface area contributed by atoms with Crippen molar-refractivity contribution in [3.8, 4) is 0 Å².